The Hall–Kier alpha value is -1.33. The van der Waals surface area contributed by atoms with Crippen LogP contribution in [0.2, 0.25) is 0 Å². The Morgan fingerprint density at radius 3 is 2.29 bits per heavy atom. The average Bonchev–Trinajstić information content (AvgIpc) is 2.47. The highest BCUT2D eigenvalue weighted by atomic mass is 79.9. The van der Waals surface area contributed by atoms with Crippen LogP contribution in [0.4, 0.5) is 5.69 Å². The fraction of sp³-hybridized carbons (Fsp3) is 0.250. The van der Waals surface area contributed by atoms with Crippen molar-refractivity contribution >= 4 is 31.6 Å². The molecule has 1 unspecified atom stereocenters. The van der Waals surface area contributed by atoms with E-state index in [-0.39, 0.29) is 4.90 Å². The highest BCUT2D eigenvalue weighted by Gasteiger charge is 2.17. The molecular formula is C16H18BrNO2S. The maximum atomic E-state index is 12.4. The molecule has 0 aliphatic heterocycles. The van der Waals surface area contributed by atoms with Crippen LogP contribution in [0.15, 0.2) is 57.9 Å². The molecule has 21 heavy (non-hydrogen) atoms. The van der Waals surface area contributed by atoms with Gasteiger partial charge in [0.25, 0.3) is 10.0 Å². The molecular weight excluding hydrogens is 350 g/mol. The molecule has 0 spiro atoms. The minimum absolute atomic E-state index is 0.232. The van der Waals surface area contributed by atoms with E-state index in [4.69, 9.17) is 0 Å². The molecule has 2 rings (SSSR count). The smallest absolute Gasteiger partial charge is 0.263 e. The van der Waals surface area contributed by atoms with E-state index in [1.165, 1.54) is 5.56 Å². The molecule has 0 aliphatic carbocycles. The lowest BCUT2D eigenvalue weighted by molar-refractivity contribution is 0.601. The highest BCUT2D eigenvalue weighted by Crippen LogP contribution is 2.25. The van der Waals surface area contributed by atoms with Crippen molar-refractivity contribution in [3.05, 3.63) is 58.6 Å². The van der Waals surface area contributed by atoms with Crippen molar-refractivity contribution in [2.45, 2.75) is 31.1 Å². The van der Waals surface area contributed by atoms with Gasteiger partial charge in [-0.1, -0.05) is 38.1 Å². The van der Waals surface area contributed by atoms with Crippen molar-refractivity contribution in [2.24, 2.45) is 0 Å². The van der Waals surface area contributed by atoms with Gasteiger partial charge in [0.15, 0.2) is 0 Å². The normalized spacial score (nSPS) is 12.9. The first-order valence-corrected chi connectivity index (χ1v) is 9.09. The molecule has 0 aromatic heterocycles. The predicted octanol–water partition coefficient (Wildman–Crippen LogP) is 4.76. The van der Waals surface area contributed by atoms with Crippen molar-refractivity contribution in [3.8, 4) is 0 Å². The molecule has 5 heteroatoms. The maximum Gasteiger partial charge on any atom is 0.263 e. The van der Waals surface area contributed by atoms with Crippen molar-refractivity contribution < 1.29 is 8.42 Å². The molecule has 0 bridgehead atoms. The number of rotatable bonds is 5. The van der Waals surface area contributed by atoms with E-state index < -0.39 is 10.0 Å². The summed E-state index contributed by atoms with van der Waals surface area (Å²) >= 11 is 3.27. The van der Waals surface area contributed by atoms with Gasteiger partial charge in [-0.05, 0) is 58.1 Å². The zero-order valence-electron chi connectivity index (χ0n) is 12.0. The summed E-state index contributed by atoms with van der Waals surface area (Å²) in [6, 6.07) is 14.3. The Kier molecular flexibility index (Phi) is 5.06. The van der Waals surface area contributed by atoms with Gasteiger partial charge in [-0.3, -0.25) is 4.72 Å². The van der Waals surface area contributed by atoms with Crippen LogP contribution in [0.1, 0.15) is 31.7 Å². The van der Waals surface area contributed by atoms with Crippen LogP contribution in [0.25, 0.3) is 0 Å². The molecule has 2 aromatic carbocycles. The van der Waals surface area contributed by atoms with Crippen LogP contribution in [0.3, 0.4) is 0 Å². The van der Waals surface area contributed by atoms with Crippen LogP contribution in [0.5, 0.6) is 0 Å². The largest absolute Gasteiger partial charge is 0.280 e. The van der Waals surface area contributed by atoms with E-state index in [1.54, 1.807) is 36.4 Å². The molecule has 3 nitrogen and oxygen atoms in total. The standard InChI is InChI=1S/C16H18BrNO2S/c1-3-12(2)13-8-10-14(11-9-13)18-21(19,20)16-7-5-4-6-15(16)17/h4-12,18H,3H2,1-2H3. The molecule has 0 fully saturated rings. The minimum Gasteiger partial charge on any atom is -0.280 e. The first-order valence-electron chi connectivity index (χ1n) is 6.81. The lowest BCUT2D eigenvalue weighted by Gasteiger charge is -2.12. The fourth-order valence-corrected chi connectivity index (χ4v) is 4.05. The third kappa shape index (κ3) is 3.86. The molecule has 0 aliphatic rings. The van der Waals surface area contributed by atoms with E-state index >= 15 is 0 Å². The van der Waals surface area contributed by atoms with Crippen LogP contribution in [-0.4, -0.2) is 8.42 Å². The predicted molar refractivity (Wildman–Crippen MR) is 90.1 cm³/mol. The van der Waals surface area contributed by atoms with Gasteiger partial charge in [-0.2, -0.15) is 0 Å². The Labute approximate surface area is 134 Å². The Morgan fingerprint density at radius 1 is 1.10 bits per heavy atom. The summed E-state index contributed by atoms with van der Waals surface area (Å²) in [7, 11) is -3.58. The summed E-state index contributed by atoms with van der Waals surface area (Å²) in [5, 5.41) is 0. The van der Waals surface area contributed by atoms with E-state index in [9.17, 15) is 8.42 Å². The number of hydrogen-bond acceptors (Lipinski definition) is 2. The number of anilines is 1. The summed E-state index contributed by atoms with van der Waals surface area (Å²) in [5.74, 6) is 0.471. The van der Waals surface area contributed by atoms with E-state index in [0.717, 1.165) is 6.42 Å². The topological polar surface area (TPSA) is 46.2 Å². The summed E-state index contributed by atoms with van der Waals surface area (Å²) < 4.78 is 27.9. The summed E-state index contributed by atoms with van der Waals surface area (Å²) in [6.07, 6.45) is 1.06. The number of hydrogen-bond donors (Lipinski definition) is 1. The van der Waals surface area contributed by atoms with Gasteiger partial charge in [0.05, 0.1) is 0 Å². The van der Waals surface area contributed by atoms with Crippen LogP contribution in [-0.2, 0) is 10.0 Å². The molecule has 0 saturated carbocycles. The minimum atomic E-state index is -3.58. The van der Waals surface area contributed by atoms with Gasteiger partial charge in [0.1, 0.15) is 4.90 Å². The molecule has 0 heterocycles. The molecule has 112 valence electrons. The Bertz CT molecular complexity index is 711. The van der Waals surface area contributed by atoms with Gasteiger partial charge in [0, 0.05) is 10.2 Å². The van der Waals surface area contributed by atoms with E-state index in [0.29, 0.717) is 16.1 Å². The Morgan fingerprint density at radius 2 is 1.71 bits per heavy atom. The van der Waals surface area contributed by atoms with Gasteiger partial charge in [-0.15, -0.1) is 0 Å². The van der Waals surface area contributed by atoms with Crippen molar-refractivity contribution in [1.82, 2.24) is 0 Å². The number of halogens is 1. The maximum absolute atomic E-state index is 12.4. The molecule has 2 aromatic rings. The van der Waals surface area contributed by atoms with Crippen molar-refractivity contribution in [2.75, 3.05) is 4.72 Å². The molecule has 1 N–H and O–H groups in total. The number of nitrogens with one attached hydrogen (secondary N) is 1. The SMILES string of the molecule is CCC(C)c1ccc(NS(=O)(=O)c2ccccc2Br)cc1. The Balaban J connectivity index is 2.23. The first kappa shape index (κ1) is 16.0. The second-order valence-electron chi connectivity index (χ2n) is 4.97. The van der Waals surface area contributed by atoms with Crippen LogP contribution < -0.4 is 4.72 Å². The second-order valence-corrected chi connectivity index (χ2v) is 7.47. The van der Waals surface area contributed by atoms with Crippen molar-refractivity contribution in [3.63, 3.8) is 0 Å². The second kappa shape index (κ2) is 6.62. The van der Waals surface area contributed by atoms with E-state index in [1.807, 2.05) is 12.1 Å². The average molecular weight is 368 g/mol. The molecule has 1 atom stereocenters. The summed E-state index contributed by atoms with van der Waals surface area (Å²) in [5.41, 5.74) is 1.78. The number of benzene rings is 2. The van der Waals surface area contributed by atoms with Gasteiger partial charge in [0.2, 0.25) is 0 Å². The third-order valence-corrected chi connectivity index (χ3v) is 5.86. The summed E-state index contributed by atoms with van der Waals surface area (Å²) in [4.78, 5) is 0.232. The zero-order chi connectivity index (χ0) is 15.5. The highest BCUT2D eigenvalue weighted by molar-refractivity contribution is 9.10. The summed E-state index contributed by atoms with van der Waals surface area (Å²) in [6.45, 7) is 4.29. The van der Waals surface area contributed by atoms with Gasteiger partial charge < -0.3 is 0 Å². The van der Waals surface area contributed by atoms with Crippen LogP contribution >= 0.6 is 15.9 Å². The monoisotopic (exact) mass is 367 g/mol. The number of sulfonamides is 1. The molecule has 0 amide bonds. The molecule has 0 radical (unpaired) electrons. The van der Waals surface area contributed by atoms with Gasteiger partial charge >= 0.3 is 0 Å². The van der Waals surface area contributed by atoms with Crippen LogP contribution in [0, 0.1) is 0 Å². The fourth-order valence-electron chi connectivity index (χ4n) is 1.99. The third-order valence-electron chi connectivity index (χ3n) is 3.47. The lowest BCUT2D eigenvalue weighted by Crippen LogP contribution is -2.13. The van der Waals surface area contributed by atoms with Crippen molar-refractivity contribution in [1.29, 1.82) is 0 Å². The molecule has 0 saturated heterocycles. The lowest BCUT2D eigenvalue weighted by atomic mass is 9.99. The first-order chi connectivity index (χ1) is 9.94. The zero-order valence-corrected chi connectivity index (χ0v) is 14.4. The quantitative estimate of drug-likeness (QED) is 0.827. The van der Waals surface area contributed by atoms with E-state index in [2.05, 4.69) is 34.5 Å². The van der Waals surface area contributed by atoms with Gasteiger partial charge in [-0.25, -0.2) is 8.42 Å².